The zero-order valence-electron chi connectivity index (χ0n) is 8.98. The zero-order valence-corrected chi connectivity index (χ0v) is 9.79. The molecule has 0 unspecified atom stereocenters. The first-order valence-corrected chi connectivity index (χ1v) is 5.77. The summed E-state index contributed by atoms with van der Waals surface area (Å²) in [7, 11) is 0. The molecule has 6 heteroatoms. The minimum Gasteiger partial charge on any atom is -0.507 e. The molecule has 2 nitrogen and oxygen atoms in total. The third-order valence-corrected chi connectivity index (χ3v) is 3.14. The number of para-hydroxylation sites is 1. The number of rotatable bonds is 2. The van der Waals surface area contributed by atoms with Crippen molar-refractivity contribution < 1.29 is 18.3 Å². The van der Waals surface area contributed by atoms with E-state index in [-0.39, 0.29) is 10.8 Å². The van der Waals surface area contributed by atoms with Gasteiger partial charge < -0.3 is 5.11 Å². The summed E-state index contributed by atoms with van der Waals surface area (Å²) in [6, 6.07) is 8.28. The fourth-order valence-electron chi connectivity index (χ4n) is 1.30. The largest absolute Gasteiger partial charge is 0.507 e. The number of halogens is 3. The molecule has 0 aliphatic carbocycles. The van der Waals surface area contributed by atoms with Gasteiger partial charge in [0.05, 0.1) is 10.5 Å². The molecule has 1 aromatic heterocycles. The third kappa shape index (κ3) is 2.95. The monoisotopic (exact) mass is 271 g/mol. The Hall–Kier alpha value is -1.69. The van der Waals surface area contributed by atoms with Crippen LogP contribution in [0, 0.1) is 0 Å². The van der Waals surface area contributed by atoms with Crippen LogP contribution in [-0.2, 0) is 6.18 Å². The lowest BCUT2D eigenvalue weighted by Gasteiger charge is -2.08. The van der Waals surface area contributed by atoms with Crippen molar-refractivity contribution in [1.29, 1.82) is 0 Å². The van der Waals surface area contributed by atoms with Gasteiger partial charge in [-0.3, -0.25) is 0 Å². The number of alkyl halides is 3. The number of phenolic OH excluding ortho intramolecular Hbond substituents is 1. The number of benzene rings is 1. The summed E-state index contributed by atoms with van der Waals surface area (Å²) in [6.07, 6.45) is -3.29. The Balaban J connectivity index is 2.28. The molecule has 0 fully saturated rings. The maximum Gasteiger partial charge on any atom is 0.416 e. The normalized spacial score (nSPS) is 11.5. The van der Waals surface area contributed by atoms with E-state index in [1.54, 1.807) is 18.2 Å². The lowest BCUT2D eigenvalue weighted by atomic mass is 10.3. The molecular weight excluding hydrogens is 263 g/mol. The quantitative estimate of drug-likeness (QED) is 0.897. The minimum atomic E-state index is -4.39. The molecule has 1 heterocycles. The standard InChI is InChI=1S/C12H8F3NOS/c13-12(14,15)8-5-6-16-11(7-8)18-10-4-2-1-3-9(10)17/h1-7,17H. The van der Waals surface area contributed by atoms with Crippen molar-refractivity contribution in [3.8, 4) is 5.75 Å². The molecule has 0 saturated carbocycles. The van der Waals surface area contributed by atoms with Crippen LogP contribution in [-0.4, -0.2) is 10.1 Å². The van der Waals surface area contributed by atoms with Crippen LogP contribution in [0.25, 0.3) is 0 Å². The molecule has 0 aliphatic rings. The average Bonchev–Trinajstić information content (AvgIpc) is 2.31. The van der Waals surface area contributed by atoms with Gasteiger partial charge in [-0.15, -0.1) is 0 Å². The molecule has 0 aliphatic heterocycles. The number of aromatic hydroxyl groups is 1. The van der Waals surface area contributed by atoms with Crippen LogP contribution in [0.2, 0.25) is 0 Å². The third-order valence-electron chi connectivity index (χ3n) is 2.14. The summed E-state index contributed by atoms with van der Waals surface area (Å²) >= 11 is 0.983. The molecule has 2 rings (SSSR count). The van der Waals surface area contributed by atoms with Crippen molar-refractivity contribution in [2.45, 2.75) is 16.1 Å². The van der Waals surface area contributed by atoms with E-state index in [1.165, 1.54) is 6.07 Å². The number of phenols is 1. The second kappa shape index (κ2) is 4.89. The number of nitrogens with zero attached hydrogens (tertiary/aromatic N) is 1. The number of aromatic nitrogens is 1. The molecule has 1 aromatic carbocycles. The number of hydrogen-bond acceptors (Lipinski definition) is 3. The van der Waals surface area contributed by atoms with E-state index in [2.05, 4.69) is 4.98 Å². The molecule has 0 amide bonds. The molecule has 2 aromatic rings. The van der Waals surface area contributed by atoms with Gasteiger partial charge in [-0.25, -0.2) is 4.98 Å². The fraction of sp³-hybridized carbons (Fsp3) is 0.0833. The first-order chi connectivity index (χ1) is 8.47. The first kappa shape index (κ1) is 12.8. The highest BCUT2D eigenvalue weighted by Crippen LogP contribution is 2.35. The molecular formula is C12H8F3NOS. The van der Waals surface area contributed by atoms with Crippen LogP contribution >= 0.6 is 11.8 Å². The molecule has 0 radical (unpaired) electrons. The van der Waals surface area contributed by atoms with Gasteiger partial charge in [-0.05, 0) is 24.3 Å². The van der Waals surface area contributed by atoms with E-state index in [0.29, 0.717) is 4.90 Å². The minimum absolute atomic E-state index is 0.0155. The van der Waals surface area contributed by atoms with Gasteiger partial charge in [0.2, 0.25) is 0 Å². The predicted molar refractivity (Wildman–Crippen MR) is 61.5 cm³/mol. The summed E-state index contributed by atoms with van der Waals surface area (Å²) in [4.78, 5) is 4.30. The van der Waals surface area contributed by atoms with Crippen molar-refractivity contribution >= 4 is 11.8 Å². The van der Waals surface area contributed by atoms with Crippen LogP contribution in [0.1, 0.15) is 5.56 Å². The van der Waals surface area contributed by atoms with Crippen LogP contribution < -0.4 is 0 Å². The van der Waals surface area contributed by atoms with Crippen LogP contribution in [0.5, 0.6) is 5.75 Å². The second-order valence-corrected chi connectivity index (χ2v) is 4.51. The molecule has 0 saturated heterocycles. The Morgan fingerprint density at radius 3 is 2.50 bits per heavy atom. The summed E-state index contributed by atoms with van der Waals surface area (Å²) in [5.74, 6) is 0.0155. The maximum absolute atomic E-state index is 12.5. The van der Waals surface area contributed by atoms with Crippen LogP contribution in [0.4, 0.5) is 13.2 Å². The fourth-order valence-corrected chi connectivity index (χ4v) is 2.14. The average molecular weight is 271 g/mol. The van der Waals surface area contributed by atoms with Gasteiger partial charge in [-0.2, -0.15) is 13.2 Å². The number of hydrogen-bond donors (Lipinski definition) is 1. The topological polar surface area (TPSA) is 33.1 Å². The van der Waals surface area contributed by atoms with Gasteiger partial charge in [0.25, 0.3) is 0 Å². The van der Waals surface area contributed by atoms with Crippen molar-refractivity contribution in [2.75, 3.05) is 0 Å². The second-order valence-electron chi connectivity index (χ2n) is 3.45. The Labute approximate surface area is 105 Å². The van der Waals surface area contributed by atoms with Gasteiger partial charge in [0, 0.05) is 6.20 Å². The van der Waals surface area contributed by atoms with E-state index in [0.717, 1.165) is 30.1 Å². The molecule has 94 valence electrons. The van der Waals surface area contributed by atoms with Crippen molar-refractivity contribution in [1.82, 2.24) is 4.98 Å². The van der Waals surface area contributed by atoms with E-state index in [4.69, 9.17) is 0 Å². The molecule has 18 heavy (non-hydrogen) atoms. The van der Waals surface area contributed by atoms with E-state index < -0.39 is 11.7 Å². The predicted octanol–water partition coefficient (Wildman–Crippen LogP) is 3.96. The lowest BCUT2D eigenvalue weighted by molar-refractivity contribution is -0.137. The maximum atomic E-state index is 12.5. The smallest absolute Gasteiger partial charge is 0.416 e. The zero-order chi connectivity index (χ0) is 13.2. The van der Waals surface area contributed by atoms with Crippen LogP contribution in [0.3, 0.4) is 0 Å². The highest BCUT2D eigenvalue weighted by molar-refractivity contribution is 7.99. The number of pyridine rings is 1. The van der Waals surface area contributed by atoms with Crippen molar-refractivity contribution in [2.24, 2.45) is 0 Å². The Morgan fingerprint density at radius 2 is 1.83 bits per heavy atom. The Bertz CT molecular complexity index is 557. The molecule has 0 atom stereocenters. The highest BCUT2D eigenvalue weighted by atomic mass is 32.2. The first-order valence-electron chi connectivity index (χ1n) is 4.96. The van der Waals surface area contributed by atoms with Crippen molar-refractivity contribution in [3.63, 3.8) is 0 Å². The van der Waals surface area contributed by atoms with Gasteiger partial charge >= 0.3 is 6.18 Å². The summed E-state index contributed by atoms with van der Waals surface area (Å²) < 4.78 is 37.5. The van der Waals surface area contributed by atoms with Gasteiger partial charge in [-0.1, -0.05) is 23.9 Å². The molecule has 0 spiro atoms. The SMILES string of the molecule is Oc1ccccc1Sc1cc(C(F)(F)F)ccn1. The van der Waals surface area contributed by atoms with Crippen molar-refractivity contribution in [3.05, 3.63) is 48.2 Å². The van der Waals surface area contributed by atoms with Crippen LogP contribution in [0.15, 0.2) is 52.5 Å². The van der Waals surface area contributed by atoms with E-state index >= 15 is 0 Å². The Kier molecular flexibility index (Phi) is 3.47. The van der Waals surface area contributed by atoms with E-state index in [9.17, 15) is 18.3 Å². The molecule has 0 bridgehead atoms. The molecule has 1 N–H and O–H groups in total. The highest BCUT2D eigenvalue weighted by Gasteiger charge is 2.30. The summed E-state index contributed by atoms with van der Waals surface area (Å²) in [5, 5.41) is 9.72. The summed E-state index contributed by atoms with van der Waals surface area (Å²) in [6.45, 7) is 0. The van der Waals surface area contributed by atoms with Gasteiger partial charge in [0.1, 0.15) is 10.8 Å². The van der Waals surface area contributed by atoms with E-state index in [1.807, 2.05) is 0 Å². The van der Waals surface area contributed by atoms with Gasteiger partial charge in [0.15, 0.2) is 0 Å². The Morgan fingerprint density at radius 1 is 1.11 bits per heavy atom. The summed E-state index contributed by atoms with van der Waals surface area (Å²) in [5.41, 5.74) is -0.754. The lowest BCUT2D eigenvalue weighted by Crippen LogP contribution is -2.04.